The van der Waals surface area contributed by atoms with Gasteiger partial charge in [0, 0.05) is 47.4 Å². The van der Waals surface area contributed by atoms with Gasteiger partial charge in [0.25, 0.3) is 0 Å². The Bertz CT molecular complexity index is 969. The summed E-state index contributed by atoms with van der Waals surface area (Å²) in [7, 11) is 0. The molecular formula is C25H28Cl2O6. The van der Waals surface area contributed by atoms with Crippen molar-refractivity contribution in [2.24, 2.45) is 0 Å². The molecule has 0 unspecified atom stereocenters. The molecule has 1 aromatic carbocycles. The number of hydrogen-bond donors (Lipinski definition) is 0. The van der Waals surface area contributed by atoms with E-state index in [1.165, 1.54) is 13.8 Å². The molecule has 0 fully saturated rings. The minimum absolute atomic E-state index is 0.0191. The quantitative estimate of drug-likeness (QED) is 0.246. The van der Waals surface area contributed by atoms with Crippen LogP contribution in [-0.4, -0.2) is 48.5 Å². The zero-order valence-electron chi connectivity index (χ0n) is 19.0. The molecule has 6 nitrogen and oxygen atoms in total. The molecule has 0 radical (unpaired) electrons. The summed E-state index contributed by atoms with van der Waals surface area (Å²) < 4.78 is 10.2. The molecule has 8 heteroatoms. The number of rotatable bonds is 11. The molecule has 0 aliphatic heterocycles. The van der Waals surface area contributed by atoms with Gasteiger partial charge in [0.2, 0.25) is 0 Å². The van der Waals surface area contributed by atoms with E-state index >= 15 is 0 Å². The van der Waals surface area contributed by atoms with Crippen LogP contribution in [0.1, 0.15) is 61.9 Å². The molecule has 1 aromatic rings. The summed E-state index contributed by atoms with van der Waals surface area (Å²) >= 11 is 11.7. The molecule has 1 aliphatic rings. The lowest BCUT2D eigenvalue weighted by molar-refractivity contribution is -0.141. The molecule has 0 N–H and O–H groups in total. The minimum atomic E-state index is -0.587. The summed E-state index contributed by atoms with van der Waals surface area (Å²) in [6.07, 6.45) is 1.73. The van der Waals surface area contributed by atoms with Gasteiger partial charge in [-0.3, -0.25) is 14.4 Å². The fourth-order valence-corrected chi connectivity index (χ4v) is 4.22. The van der Waals surface area contributed by atoms with Crippen molar-refractivity contribution in [2.45, 2.75) is 46.0 Å². The first-order chi connectivity index (χ1) is 15.7. The first-order valence-electron chi connectivity index (χ1n) is 10.7. The van der Waals surface area contributed by atoms with Crippen molar-refractivity contribution in [1.82, 2.24) is 0 Å². The molecule has 0 bridgehead atoms. The van der Waals surface area contributed by atoms with Gasteiger partial charge in [0.1, 0.15) is 6.61 Å². The maximum absolute atomic E-state index is 12.8. The number of alkyl halides is 2. The highest BCUT2D eigenvalue weighted by molar-refractivity contribution is 6.25. The number of benzene rings is 1. The third-order valence-electron chi connectivity index (χ3n) is 5.67. The number of esters is 2. The Balaban J connectivity index is 2.06. The Morgan fingerprint density at radius 1 is 0.879 bits per heavy atom. The maximum Gasteiger partial charge on any atom is 0.338 e. The summed E-state index contributed by atoms with van der Waals surface area (Å²) in [6.45, 7) is 4.08. The lowest BCUT2D eigenvalue weighted by Gasteiger charge is -2.20. The van der Waals surface area contributed by atoms with E-state index in [0.717, 1.165) is 18.4 Å². The fraction of sp³-hybridized carbons (Fsp3) is 0.440. The van der Waals surface area contributed by atoms with E-state index in [1.807, 2.05) is 12.1 Å². The van der Waals surface area contributed by atoms with Gasteiger partial charge < -0.3 is 9.47 Å². The van der Waals surface area contributed by atoms with E-state index in [9.17, 15) is 19.2 Å². The van der Waals surface area contributed by atoms with E-state index in [2.05, 4.69) is 0 Å². The Morgan fingerprint density at radius 3 is 1.97 bits per heavy atom. The van der Waals surface area contributed by atoms with Crippen LogP contribution in [0.2, 0.25) is 0 Å². The van der Waals surface area contributed by atoms with Gasteiger partial charge in [0.05, 0.1) is 12.2 Å². The van der Waals surface area contributed by atoms with Crippen LogP contribution in [-0.2, 0) is 23.9 Å². The predicted octanol–water partition coefficient (Wildman–Crippen LogP) is 4.92. The first-order valence-corrected chi connectivity index (χ1v) is 11.8. The molecule has 0 atom stereocenters. The van der Waals surface area contributed by atoms with E-state index in [1.54, 1.807) is 19.1 Å². The smallest absolute Gasteiger partial charge is 0.338 e. The van der Waals surface area contributed by atoms with Crippen molar-refractivity contribution in [2.75, 3.05) is 25.0 Å². The zero-order chi connectivity index (χ0) is 24.5. The summed E-state index contributed by atoms with van der Waals surface area (Å²) in [5.41, 5.74) is 2.36. The van der Waals surface area contributed by atoms with Crippen molar-refractivity contribution in [3.63, 3.8) is 0 Å². The van der Waals surface area contributed by atoms with E-state index in [-0.39, 0.29) is 53.8 Å². The summed E-state index contributed by atoms with van der Waals surface area (Å²) in [5.74, 6) is -0.441. The van der Waals surface area contributed by atoms with Crippen molar-refractivity contribution in [3.05, 3.63) is 57.7 Å². The number of carbonyl (C=O) groups is 4. The number of ketones is 2. The Hall–Kier alpha value is -2.44. The zero-order valence-corrected chi connectivity index (χ0v) is 20.6. The van der Waals surface area contributed by atoms with Crippen LogP contribution in [0.4, 0.5) is 0 Å². The molecule has 0 heterocycles. The topological polar surface area (TPSA) is 86.7 Å². The number of halogens is 2. The highest BCUT2D eigenvalue weighted by Gasteiger charge is 2.30. The van der Waals surface area contributed by atoms with Crippen LogP contribution >= 0.6 is 23.2 Å². The second-order valence-corrected chi connectivity index (χ2v) is 8.56. The van der Waals surface area contributed by atoms with E-state index < -0.39 is 11.9 Å². The van der Waals surface area contributed by atoms with Crippen LogP contribution in [0, 0.1) is 0 Å². The normalized spacial score (nSPS) is 14.2. The third kappa shape index (κ3) is 7.02. The third-order valence-corrected chi connectivity index (χ3v) is 6.11. The van der Waals surface area contributed by atoms with E-state index in [4.69, 9.17) is 32.7 Å². The standard InChI is InChI=1S/C25H28Cl2O6/c1-15-21(10-13-32-17(3)28)23(29)16(2)22(24(15)30)14-33-25(31)20-6-4-18(5-7-20)19(8-11-26)9-12-27/h4-7,19H,8-14H2,1-3H3. The Morgan fingerprint density at radius 2 is 1.42 bits per heavy atom. The fourth-order valence-electron chi connectivity index (χ4n) is 3.69. The number of Topliss-reactive ketones (excluding diaryl/α,β-unsaturated/α-hetero) is 2. The molecule has 0 aromatic heterocycles. The molecule has 33 heavy (non-hydrogen) atoms. The summed E-state index contributed by atoms with van der Waals surface area (Å²) in [6, 6.07) is 7.03. The average Bonchev–Trinajstić information content (AvgIpc) is 2.79. The van der Waals surface area contributed by atoms with Crippen LogP contribution in [0.3, 0.4) is 0 Å². The van der Waals surface area contributed by atoms with Gasteiger partial charge in [-0.25, -0.2) is 4.79 Å². The number of carbonyl (C=O) groups excluding carboxylic acids is 4. The predicted molar refractivity (Wildman–Crippen MR) is 127 cm³/mol. The molecule has 2 rings (SSSR count). The minimum Gasteiger partial charge on any atom is -0.466 e. The van der Waals surface area contributed by atoms with Gasteiger partial charge in [-0.1, -0.05) is 12.1 Å². The monoisotopic (exact) mass is 494 g/mol. The Kier molecular flexibility index (Phi) is 10.3. The van der Waals surface area contributed by atoms with Crippen molar-refractivity contribution in [3.8, 4) is 0 Å². The molecule has 0 spiro atoms. The Labute approximate surface area is 203 Å². The van der Waals surface area contributed by atoms with Crippen LogP contribution in [0.5, 0.6) is 0 Å². The van der Waals surface area contributed by atoms with Gasteiger partial charge in [-0.05, 0) is 50.3 Å². The van der Waals surface area contributed by atoms with Crippen molar-refractivity contribution in [1.29, 1.82) is 0 Å². The maximum atomic E-state index is 12.8. The second kappa shape index (κ2) is 12.7. The second-order valence-electron chi connectivity index (χ2n) is 7.81. The number of ether oxygens (including phenoxy) is 2. The summed E-state index contributed by atoms with van der Waals surface area (Å²) in [5, 5.41) is 0. The number of hydrogen-bond acceptors (Lipinski definition) is 6. The van der Waals surface area contributed by atoms with Crippen molar-refractivity contribution < 1.29 is 28.7 Å². The molecule has 0 saturated carbocycles. The first kappa shape index (κ1) is 26.8. The van der Waals surface area contributed by atoms with E-state index in [0.29, 0.717) is 22.9 Å². The van der Waals surface area contributed by atoms with Crippen LogP contribution in [0.15, 0.2) is 46.6 Å². The average molecular weight is 495 g/mol. The van der Waals surface area contributed by atoms with Crippen LogP contribution in [0.25, 0.3) is 0 Å². The van der Waals surface area contributed by atoms with Gasteiger partial charge in [0.15, 0.2) is 11.6 Å². The highest BCUT2D eigenvalue weighted by Crippen LogP contribution is 2.28. The SMILES string of the molecule is CC(=O)OCCC1=C(C)C(=O)C(COC(=O)c2ccc(C(CCCl)CCCl)cc2)=C(C)C1=O. The summed E-state index contributed by atoms with van der Waals surface area (Å²) in [4.78, 5) is 49.0. The van der Waals surface area contributed by atoms with Crippen molar-refractivity contribution >= 4 is 46.7 Å². The van der Waals surface area contributed by atoms with Crippen LogP contribution < -0.4 is 0 Å². The lowest BCUT2D eigenvalue weighted by atomic mass is 9.84. The molecule has 0 amide bonds. The molecule has 178 valence electrons. The van der Waals surface area contributed by atoms with Gasteiger partial charge in [-0.15, -0.1) is 23.2 Å². The highest BCUT2D eigenvalue weighted by atomic mass is 35.5. The lowest BCUT2D eigenvalue weighted by Crippen LogP contribution is -2.26. The van der Waals surface area contributed by atoms with Gasteiger partial charge >= 0.3 is 11.9 Å². The molecule has 0 saturated heterocycles. The largest absolute Gasteiger partial charge is 0.466 e. The molecular weight excluding hydrogens is 467 g/mol. The number of allylic oxidation sites excluding steroid dienone is 2. The molecule has 1 aliphatic carbocycles. The van der Waals surface area contributed by atoms with Gasteiger partial charge in [-0.2, -0.15) is 0 Å².